The van der Waals surface area contributed by atoms with Crippen molar-refractivity contribution in [3.63, 3.8) is 0 Å². The highest BCUT2D eigenvalue weighted by atomic mass is 16.8. The van der Waals surface area contributed by atoms with Gasteiger partial charge in [-0.25, -0.2) is 4.79 Å². The first kappa shape index (κ1) is 10.2. The molecule has 0 N–H and O–H groups in total. The third-order valence-electron chi connectivity index (χ3n) is 2.64. The lowest BCUT2D eigenvalue weighted by atomic mass is 10.1. The van der Waals surface area contributed by atoms with Crippen molar-refractivity contribution in [2.75, 3.05) is 0 Å². The van der Waals surface area contributed by atoms with Crippen molar-refractivity contribution in [2.45, 2.75) is 32.2 Å². The van der Waals surface area contributed by atoms with Crippen LogP contribution in [0.1, 0.15) is 31.9 Å². The zero-order valence-corrected chi connectivity index (χ0v) is 8.90. The molecule has 15 heavy (non-hydrogen) atoms. The molecule has 2 atom stereocenters. The number of rotatable bonds is 2. The van der Waals surface area contributed by atoms with Gasteiger partial charge in [-0.05, 0) is 5.56 Å². The van der Waals surface area contributed by atoms with Crippen LogP contribution in [-0.4, -0.2) is 11.8 Å². The molecule has 1 aromatic carbocycles. The molecular formula is C12H14O3. The Kier molecular flexibility index (Phi) is 2.49. The van der Waals surface area contributed by atoms with E-state index in [2.05, 4.69) is 0 Å². The second kappa shape index (κ2) is 3.66. The summed E-state index contributed by atoms with van der Waals surface area (Å²) in [6.45, 7) is 3.72. The van der Waals surface area contributed by atoms with Crippen molar-refractivity contribution >= 4 is 5.97 Å². The van der Waals surface area contributed by atoms with Gasteiger partial charge in [0, 0.05) is 13.3 Å². The van der Waals surface area contributed by atoms with Gasteiger partial charge in [0.05, 0.1) is 0 Å². The van der Waals surface area contributed by atoms with E-state index < -0.39 is 11.9 Å². The van der Waals surface area contributed by atoms with E-state index in [-0.39, 0.29) is 5.97 Å². The first-order chi connectivity index (χ1) is 7.14. The summed E-state index contributed by atoms with van der Waals surface area (Å²) in [4.78, 5) is 11.6. The van der Waals surface area contributed by atoms with E-state index in [1.54, 1.807) is 6.92 Å². The molecular weight excluding hydrogens is 192 g/mol. The van der Waals surface area contributed by atoms with Crippen LogP contribution >= 0.6 is 0 Å². The van der Waals surface area contributed by atoms with Crippen LogP contribution in [0.4, 0.5) is 0 Å². The molecule has 0 aliphatic carbocycles. The second-order valence-electron chi connectivity index (χ2n) is 3.82. The van der Waals surface area contributed by atoms with Gasteiger partial charge >= 0.3 is 5.97 Å². The number of hydrogen-bond acceptors (Lipinski definition) is 3. The minimum atomic E-state index is -0.766. The third-order valence-corrected chi connectivity index (χ3v) is 2.64. The van der Waals surface area contributed by atoms with E-state index in [9.17, 15) is 4.79 Å². The molecule has 0 aromatic heterocycles. The zero-order chi connectivity index (χ0) is 10.9. The fourth-order valence-corrected chi connectivity index (χ4v) is 1.58. The number of carbonyl (C=O) groups excluding carboxylic acids is 1. The van der Waals surface area contributed by atoms with Crippen LogP contribution in [0.25, 0.3) is 0 Å². The third kappa shape index (κ3) is 1.88. The number of benzene rings is 1. The van der Waals surface area contributed by atoms with Crippen LogP contribution in [0.2, 0.25) is 0 Å². The number of esters is 1. The second-order valence-corrected chi connectivity index (χ2v) is 3.82. The van der Waals surface area contributed by atoms with Gasteiger partial charge in [-0.15, -0.1) is 0 Å². The summed E-state index contributed by atoms with van der Waals surface area (Å²) in [5.41, 5.74) is 0.847. The van der Waals surface area contributed by atoms with Crippen LogP contribution in [0.5, 0.6) is 0 Å². The first-order valence-electron chi connectivity index (χ1n) is 5.10. The Morgan fingerprint density at radius 1 is 1.33 bits per heavy atom. The molecule has 1 saturated heterocycles. The average Bonchev–Trinajstić information content (AvgIpc) is 2.57. The summed E-state index contributed by atoms with van der Waals surface area (Å²) in [6, 6.07) is 9.41. The Bertz CT molecular complexity index is 360. The standard InChI is InChI=1S/C12H14O3/c1-3-12(2)14-10(11(13)15-12)9-7-5-4-6-8-9/h4-8,10H,3H2,1-2H3/t10-,12+/m0/s1. The van der Waals surface area contributed by atoms with E-state index >= 15 is 0 Å². The minimum Gasteiger partial charge on any atom is -0.431 e. The summed E-state index contributed by atoms with van der Waals surface area (Å²) < 4.78 is 10.8. The number of ether oxygens (including phenoxy) is 2. The van der Waals surface area contributed by atoms with E-state index in [4.69, 9.17) is 9.47 Å². The molecule has 1 fully saturated rings. The van der Waals surface area contributed by atoms with Crippen molar-refractivity contribution in [1.29, 1.82) is 0 Å². The predicted molar refractivity (Wildman–Crippen MR) is 55.1 cm³/mol. The summed E-state index contributed by atoms with van der Waals surface area (Å²) in [5, 5.41) is 0. The first-order valence-corrected chi connectivity index (χ1v) is 5.10. The normalized spacial score (nSPS) is 30.3. The molecule has 1 heterocycles. The van der Waals surface area contributed by atoms with Crippen LogP contribution in [-0.2, 0) is 14.3 Å². The fraction of sp³-hybridized carbons (Fsp3) is 0.417. The van der Waals surface area contributed by atoms with Gasteiger partial charge in [0.1, 0.15) is 0 Å². The molecule has 3 nitrogen and oxygen atoms in total. The smallest absolute Gasteiger partial charge is 0.342 e. The molecule has 2 rings (SSSR count). The Hall–Kier alpha value is -1.35. The molecule has 1 aliphatic rings. The maximum Gasteiger partial charge on any atom is 0.342 e. The topological polar surface area (TPSA) is 35.5 Å². The van der Waals surface area contributed by atoms with Crippen molar-refractivity contribution < 1.29 is 14.3 Å². The van der Waals surface area contributed by atoms with Crippen molar-refractivity contribution in [1.82, 2.24) is 0 Å². The molecule has 0 saturated carbocycles. The Labute approximate surface area is 89.0 Å². The van der Waals surface area contributed by atoms with E-state index in [0.29, 0.717) is 6.42 Å². The highest BCUT2D eigenvalue weighted by molar-refractivity contribution is 5.78. The summed E-state index contributed by atoms with van der Waals surface area (Å²) in [7, 11) is 0. The highest BCUT2D eigenvalue weighted by Gasteiger charge is 2.43. The average molecular weight is 206 g/mol. The molecule has 0 radical (unpaired) electrons. The van der Waals surface area contributed by atoms with Gasteiger partial charge in [0.15, 0.2) is 6.10 Å². The monoisotopic (exact) mass is 206 g/mol. The molecule has 3 heteroatoms. The van der Waals surface area contributed by atoms with Crippen LogP contribution in [0.15, 0.2) is 30.3 Å². The maximum atomic E-state index is 11.6. The SMILES string of the molecule is CC[C@@]1(C)OC(=O)[C@H](c2ccccc2)O1. The largest absolute Gasteiger partial charge is 0.431 e. The molecule has 80 valence electrons. The van der Waals surface area contributed by atoms with Gasteiger partial charge in [-0.2, -0.15) is 0 Å². The van der Waals surface area contributed by atoms with E-state index in [0.717, 1.165) is 5.56 Å². The van der Waals surface area contributed by atoms with Gasteiger partial charge < -0.3 is 9.47 Å². The fourth-order valence-electron chi connectivity index (χ4n) is 1.58. The zero-order valence-electron chi connectivity index (χ0n) is 8.90. The molecule has 0 amide bonds. The highest BCUT2D eigenvalue weighted by Crippen LogP contribution is 2.35. The van der Waals surface area contributed by atoms with Gasteiger partial charge in [0.2, 0.25) is 5.79 Å². The molecule has 0 unspecified atom stereocenters. The molecule has 1 aromatic rings. The van der Waals surface area contributed by atoms with E-state index in [1.165, 1.54) is 0 Å². The molecule has 0 bridgehead atoms. The van der Waals surface area contributed by atoms with Gasteiger partial charge in [0.25, 0.3) is 0 Å². The summed E-state index contributed by atoms with van der Waals surface area (Å²) in [5.74, 6) is -1.07. The van der Waals surface area contributed by atoms with Crippen LogP contribution < -0.4 is 0 Å². The Morgan fingerprint density at radius 3 is 2.53 bits per heavy atom. The number of cyclic esters (lactones) is 1. The van der Waals surface area contributed by atoms with Crippen molar-refractivity contribution in [2.24, 2.45) is 0 Å². The quantitative estimate of drug-likeness (QED) is 0.697. The Balaban J connectivity index is 2.23. The lowest BCUT2D eigenvalue weighted by Gasteiger charge is -2.19. The van der Waals surface area contributed by atoms with Gasteiger partial charge in [-0.3, -0.25) is 0 Å². The molecule has 0 spiro atoms. The number of carbonyl (C=O) groups is 1. The summed E-state index contributed by atoms with van der Waals surface area (Å²) in [6.07, 6.45) is 0.0818. The Morgan fingerprint density at radius 2 is 2.00 bits per heavy atom. The lowest BCUT2D eigenvalue weighted by Crippen LogP contribution is -2.24. The van der Waals surface area contributed by atoms with Crippen molar-refractivity contribution in [3.8, 4) is 0 Å². The molecule has 1 aliphatic heterocycles. The van der Waals surface area contributed by atoms with E-state index in [1.807, 2.05) is 37.3 Å². The number of hydrogen-bond donors (Lipinski definition) is 0. The van der Waals surface area contributed by atoms with Crippen molar-refractivity contribution in [3.05, 3.63) is 35.9 Å². The minimum absolute atomic E-state index is 0.300. The van der Waals surface area contributed by atoms with Crippen LogP contribution in [0, 0.1) is 0 Å². The van der Waals surface area contributed by atoms with Crippen LogP contribution in [0.3, 0.4) is 0 Å². The maximum absolute atomic E-state index is 11.6. The summed E-state index contributed by atoms with van der Waals surface area (Å²) >= 11 is 0. The lowest BCUT2D eigenvalue weighted by molar-refractivity contribution is -0.169. The predicted octanol–water partition coefficient (Wildman–Crippen LogP) is 2.43. The van der Waals surface area contributed by atoms with Gasteiger partial charge in [-0.1, -0.05) is 37.3 Å².